The molecule has 13 heavy (non-hydrogen) atoms. The average molecular weight is 174 g/mol. The number of aryl methyl sites for hydroxylation is 1. The summed E-state index contributed by atoms with van der Waals surface area (Å²) in [5.74, 6) is 0. The minimum absolute atomic E-state index is 0.736. The molecule has 1 aromatic rings. The molecule has 0 aliphatic heterocycles. The SMILES string of the molecule is Cc1ccccc1/C(N)=C/C=C\N. The molecule has 0 heterocycles. The predicted molar refractivity (Wildman–Crippen MR) is 56.7 cm³/mol. The Morgan fingerprint density at radius 2 is 2.00 bits per heavy atom. The normalized spacial score (nSPS) is 12.2. The van der Waals surface area contributed by atoms with Crippen LogP contribution in [0.3, 0.4) is 0 Å². The van der Waals surface area contributed by atoms with Gasteiger partial charge in [-0.25, -0.2) is 0 Å². The fourth-order valence-electron chi connectivity index (χ4n) is 1.15. The van der Waals surface area contributed by atoms with Crippen LogP contribution in [0.4, 0.5) is 0 Å². The highest BCUT2D eigenvalue weighted by atomic mass is 14.6. The maximum atomic E-state index is 5.84. The smallest absolute Gasteiger partial charge is 0.0390 e. The van der Waals surface area contributed by atoms with E-state index in [4.69, 9.17) is 11.5 Å². The van der Waals surface area contributed by atoms with Crippen molar-refractivity contribution in [2.45, 2.75) is 6.92 Å². The summed E-state index contributed by atoms with van der Waals surface area (Å²) in [4.78, 5) is 0. The van der Waals surface area contributed by atoms with Gasteiger partial charge in [-0.15, -0.1) is 0 Å². The molecule has 1 aromatic carbocycles. The number of allylic oxidation sites excluding steroid dienone is 2. The Labute approximate surface area is 78.6 Å². The first-order valence-corrected chi connectivity index (χ1v) is 4.15. The lowest BCUT2D eigenvalue weighted by Gasteiger charge is -2.03. The van der Waals surface area contributed by atoms with E-state index in [1.807, 2.05) is 31.2 Å². The number of benzene rings is 1. The topological polar surface area (TPSA) is 52.0 Å². The second-order valence-electron chi connectivity index (χ2n) is 2.82. The van der Waals surface area contributed by atoms with E-state index in [0.717, 1.165) is 11.3 Å². The zero-order chi connectivity index (χ0) is 9.68. The lowest BCUT2D eigenvalue weighted by Crippen LogP contribution is -1.97. The van der Waals surface area contributed by atoms with Crippen molar-refractivity contribution in [2.75, 3.05) is 0 Å². The quantitative estimate of drug-likeness (QED) is 0.671. The van der Waals surface area contributed by atoms with Crippen molar-refractivity contribution in [2.24, 2.45) is 11.5 Å². The van der Waals surface area contributed by atoms with Gasteiger partial charge in [0.1, 0.15) is 0 Å². The first-order chi connectivity index (χ1) is 6.25. The van der Waals surface area contributed by atoms with Gasteiger partial charge in [-0.1, -0.05) is 24.3 Å². The number of hydrogen-bond acceptors (Lipinski definition) is 2. The molecule has 2 nitrogen and oxygen atoms in total. The molecule has 0 spiro atoms. The molecule has 0 saturated heterocycles. The van der Waals surface area contributed by atoms with Gasteiger partial charge in [0.2, 0.25) is 0 Å². The first kappa shape index (κ1) is 9.39. The standard InChI is InChI=1S/C11H14N2/c1-9-5-2-3-6-10(9)11(13)7-4-8-12/h2-8H,12-13H2,1H3/b8-4-,11-7-. The molecule has 0 saturated carbocycles. The second-order valence-corrected chi connectivity index (χ2v) is 2.82. The van der Waals surface area contributed by atoms with Gasteiger partial charge >= 0.3 is 0 Å². The summed E-state index contributed by atoms with van der Waals surface area (Å²) in [6.45, 7) is 2.03. The van der Waals surface area contributed by atoms with Crippen molar-refractivity contribution in [3.05, 3.63) is 53.7 Å². The van der Waals surface area contributed by atoms with Crippen LogP contribution in [0.1, 0.15) is 11.1 Å². The molecular weight excluding hydrogens is 160 g/mol. The van der Waals surface area contributed by atoms with E-state index in [1.54, 1.807) is 12.2 Å². The van der Waals surface area contributed by atoms with E-state index in [2.05, 4.69) is 0 Å². The molecule has 0 amide bonds. The van der Waals surface area contributed by atoms with Crippen LogP contribution in [0.2, 0.25) is 0 Å². The Morgan fingerprint density at radius 3 is 2.62 bits per heavy atom. The van der Waals surface area contributed by atoms with Crippen molar-refractivity contribution in [1.82, 2.24) is 0 Å². The molecule has 2 heteroatoms. The van der Waals surface area contributed by atoms with Gasteiger partial charge in [0.15, 0.2) is 0 Å². The zero-order valence-corrected chi connectivity index (χ0v) is 7.70. The van der Waals surface area contributed by atoms with Gasteiger partial charge in [0.25, 0.3) is 0 Å². The van der Waals surface area contributed by atoms with Crippen LogP contribution in [0.25, 0.3) is 5.70 Å². The van der Waals surface area contributed by atoms with Crippen molar-refractivity contribution >= 4 is 5.70 Å². The van der Waals surface area contributed by atoms with Crippen LogP contribution >= 0.6 is 0 Å². The largest absolute Gasteiger partial charge is 0.405 e. The van der Waals surface area contributed by atoms with Crippen molar-refractivity contribution in [1.29, 1.82) is 0 Å². The summed E-state index contributed by atoms with van der Waals surface area (Å²) in [6.07, 6.45) is 4.98. The molecule has 0 bridgehead atoms. The van der Waals surface area contributed by atoms with E-state index in [1.165, 1.54) is 11.8 Å². The van der Waals surface area contributed by atoms with Crippen molar-refractivity contribution in [3.63, 3.8) is 0 Å². The second kappa shape index (κ2) is 4.36. The van der Waals surface area contributed by atoms with Gasteiger partial charge in [0.05, 0.1) is 0 Å². The fourth-order valence-corrected chi connectivity index (χ4v) is 1.15. The highest BCUT2D eigenvalue weighted by Crippen LogP contribution is 2.13. The van der Waals surface area contributed by atoms with E-state index in [-0.39, 0.29) is 0 Å². The van der Waals surface area contributed by atoms with Gasteiger partial charge in [-0.2, -0.15) is 0 Å². The lowest BCUT2D eigenvalue weighted by atomic mass is 10.1. The summed E-state index contributed by atoms with van der Waals surface area (Å²) in [7, 11) is 0. The third-order valence-electron chi connectivity index (χ3n) is 1.84. The maximum Gasteiger partial charge on any atom is 0.0390 e. The van der Waals surface area contributed by atoms with Gasteiger partial charge in [0, 0.05) is 11.3 Å². The third kappa shape index (κ3) is 2.37. The molecule has 4 N–H and O–H groups in total. The fraction of sp³-hybridized carbons (Fsp3) is 0.0909. The summed E-state index contributed by atoms with van der Waals surface area (Å²) < 4.78 is 0. The van der Waals surface area contributed by atoms with E-state index in [0.29, 0.717) is 0 Å². The van der Waals surface area contributed by atoms with Gasteiger partial charge in [-0.05, 0) is 30.8 Å². The third-order valence-corrected chi connectivity index (χ3v) is 1.84. The highest BCUT2D eigenvalue weighted by Gasteiger charge is 1.97. The maximum absolute atomic E-state index is 5.84. The Kier molecular flexibility index (Phi) is 3.15. The van der Waals surface area contributed by atoms with Crippen molar-refractivity contribution in [3.8, 4) is 0 Å². The Hall–Kier alpha value is -1.70. The predicted octanol–water partition coefficient (Wildman–Crippen LogP) is 1.77. The summed E-state index contributed by atoms with van der Waals surface area (Å²) in [5.41, 5.74) is 14.0. The summed E-state index contributed by atoms with van der Waals surface area (Å²) >= 11 is 0. The minimum Gasteiger partial charge on any atom is -0.405 e. The molecule has 0 aromatic heterocycles. The lowest BCUT2D eigenvalue weighted by molar-refractivity contribution is 1.39. The minimum atomic E-state index is 0.736. The molecule has 0 unspecified atom stereocenters. The molecule has 0 aliphatic carbocycles. The Morgan fingerprint density at radius 1 is 1.31 bits per heavy atom. The first-order valence-electron chi connectivity index (χ1n) is 4.15. The number of rotatable bonds is 2. The zero-order valence-electron chi connectivity index (χ0n) is 7.70. The molecular formula is C11H14N2. The van der Waals surface area contributed by atoms with Crippen LogP contribution < -0.4 is 11.5 Å². The Bertz CT molecular complexity index is 338. The number of nitrogens with two attached hydrogens (primary N) is 2. The van der Waals surface area contributed by atoms with Crippen LogP contribution in [0, 0.1) is 6.92 Å². The van der Waals surface area contributed by atoms with E-state index >= 15 is 0 Å². The van der Waals surface area contributed by atoms with Crippen LogP contribution in [-0.4, -0.2) is 0 Å². The van der Waals surface area contributed by atoms with Gasteiger partial charge < -0.3 is 11.5 Å². The van der Waals surface area contributed by atoms with E-state index in [9.17, 15) is 0 Å². The highest BCUT2D eigenvalue weighted by molar-refractivity contribution is 5.66. The molecule has 0 radical (unpaired) electrons. The van der Waals surface area contributed by atoms with Crippen LogP contribution in [-0.2, 0) is 0 Å². The summed E-state index contributed by atoms with van der Waals surface area (Å²) in [6, 6.07) is 7.98. The molecule has 68 valence electrons. The van der Waals surface area contributed by atoms with Crippen LogP contribution in [0.15, 0.2) is 42.6 Å². The molecule has 0 atom stereocenters. The van der Waals surface area contributed by atoms with Crippen molar-refractivity contribution < 1.29 is 0 Å². The summed E-state index contributed by atoms with van der Waals surface area (Å²) in [5, 5.41) is 0. The van der Waals surface area contributed by atoms with Gasteiger partial charge in [-0.3, -0.25) is 0 Å². The van der Waals surface area contributed by atoms with E-state index < -0.39 is 0 Å². The molecule has 0 fully saturated rings. The molecule has 0 aliphatic rings. The number of hydrogen-bond donors (Lipinski definition) is 2. The molecule has 1 rings (SSSR count). The Balaban J connectivity index is 3.01. The van der Waals surface area contributed by atoms with Crippen LogP contribution in [0.5, 0.6) is 0 Å². The monoisotopic (exact) mass is 174 g/mol. The average Bonchev–Trinajstić information content (AvgIpc) is 2.15.